The van der Waals surface area contributed by atoms with Crippen molar-refractivity contribution in [1.82, 2.24) is 14.1 Å². The molecule has 4 heteroatoms. The van der Waals surface area contributed by atoms with Crippen LogP contribution in [0.2, 0.25) is 0 Å². The fourth-order valence-corrected chi connectivity index (χ4v) is 8.11. The van der Waals surface area contributed by atoms with Gasteiger partial charge in [0.2, 0.25) is 0 Å². The quantitative estimate of drug-likeness (QED) is 0.203. The summed E-state index contributed by atoms with van der Waals surface area (Å²) in [4.78, 5) is 5.25. The molecule has 2 heterocycles. The first-order chi connectivity index (χ1) is 24.4. The maximum Gasteiger partial charge on any atom is 0.145 e. The number of para-hydroxylation sites is 2. The predicted octanol–water partition coefficient (Wildman–Crippen LogP) is 8.94. The van der Waals surface area contributed by atoms with Crippen molar-refractivity contribution in [3.63, 3.8) is 0 Å². The highest BCUT2D eigenvalue weighted by Gasteiger charge is 2.36. The molecule has 242 valence electrons. The highest BCUT2D eigenvalue weighted by molar-refractivity contribution is 5.92. The molecular weight excluding hydrogens is 609 g/mol. The molecule has 0 radical (unpaired) electrons. The second kappa shape index (κ2) is 11.5. The van der Waals surface area contributed by atoms with Crippen LogP contribution in [0.3, 0.4) is 0 Å². The Morgan fingerprint density at radius 3 is 2.26 bits per heavy atom. The third-order valence-corrected chi connectivity index (χ3v) is 10.6. The molecule has 0 saturated heterocycles. The van der Waals surface area contributed by atoms with Crippen LogP contribution in [0.25, 0.3) is 69.1 Å². The zero-order valence-corrected chi connectivity index (χ0v) is 28.4. The average molecular weight is 647 g/mol. The molecule has 2 aromatic heterocycles. The van der Waals surface area contributed by atoms with E-state index in [4.69, 9.17) is 10.7 Å². The van der Waals surface area contributed by atoms with E-state index in [1.165, 1.54) is 50.1 Å². The number of allylic oxidation sites excluding steroid dienone is 2. The molecule has 2 aliphatic carbocycles. The van der Waals surface area contributed by atoms with Crippen molar-refractivity contribution in [2.75, 3.05) is 0 Å². The van der Waals surface area contributed by atoms with Crippen LogP contribution < -0.4 is 16.4 Å². The first kappa shape index (κ1) is 30.0. The molecule has 5 aromatic carbocycles. The summed E-state index contributed by atoms with van der Waals surface area (Å²) < 4.78 is 4.61. The van der Waals surface area contributed by atoms with Gasteiger partial charge in [-0.1, -0.05) is 111 Å². The van der Waals surface area contributed by atoms with Crippen molar-refractivity contribution < 1.29 is 0 Å². The molecule has 0 unspecified atom stereocenters. The van der Waals surface area contributed by atoms with Crippen molar-refractivity contribution in [2.24, 2.45) is 5.73 Å². The number of rotatable bonds is 5. The lowest BCUT2D eigenvalue weighted by molar-refractivity contribution is 0.660. The van der Waals surface area contributed by atoms with Gasteiger partial charge in [-0.05, 0) is 100 Å². The standard InChI is InChI=1S/C46H38N4/c1-30-42(27-33(29-47)31-14-6-4-7-15-31)48-45(49(30)34-16-8-5-9-17-34)32-22-24-36-37-25-23-35(28-41(37)46(2,3)40(36)26-32)50-43-20-12-10-18-38(43)39-19-11-13-21-44(39)50/h4-10,12-18,20-29H,1,11,19,47H2,2-3H3/b33-29+,42-27+. The van der Waals surface area contributed by atoms with Crippen LogP contribution in [0.15, 0.2) is 134 Å². The third-order valence-electron chi connectivity index (χ3n) is 10.6. The molecule has 0 spiro atoms. The van der Waals surface area contributed by atoms with E-state index in [2.05, 4.69) is 139 Å². The molecule has 4 nitrogen and oxygen atoms in total. The smallest absolute Gasteiger partial charge is 0.145 e. The Morgan fingerprint density at radius 1 is 0.780 bits per heavy atom. The van der Waals surface area contributed by atoms with E-state index in [0.29, 0.717) is 0 Å². The lowest BCUT2D eigenvalue weighted by Gasteiger charge is -2.23. The zero-order valence-electron chi connectivity index (χ0n) is 28.4. The average Bonchev–Trinajstić information content (AvgIpc) is 3.75. The Morgan fingerprint density at radius 2 is 1.48 bits per heavy atom. The lowest BCUT2D eigenvalue weighted by Crippen LogP contribution is -2.28. The Labute approximate surface area is 292 Å². The molecule has 0 amide bonds. The van der Waals surface area contributed by atoms with Gasteiger partial charge in [0.15, 0.2) is 0 Å². The number of nitrogens with zero attached hydrogens (tertiary/aromatic N) is 3. The van der Waals surface area contributed by atoms with Crippen molar-refractivity contribution in [3.8, 4) is 33.9 Å². The molecule has 0 aliphatic heterocycles. The number of benzene rings is 5. The van der Waals surface area contributed by atoms with Crippen molar-refractivity contribution in [1.29, 1.82) is 0 Å². The Balaban J connectivity index is 1.18. The zero-order chi connectivity index (χ0) is 34.0. The van der Waals surface area contributed by atoms with Crippen LogP contribution in [0.1, 0.15) is 48.2 Å². The van der Waals surface area contributed by atoms with Gasteiger partial charge >= 0.3 is 0 Å². The fraction of sp³-hybridized carbons (Fsp3) is 0.109. The third kappa shape index (κ3) is 4.56. The summed E-state index contributed by atoms with van der Waals surface area (Å²) in [6, 6.07) is 43.2. The van der Waals surface area contributed by atoms with E-state index >= 15 is 0 Å². The summed E-state index contributed by atoms with van der Waals surface area (Å²) >= 11 is 0. The number of hydrogen-bond donors (Lipinski definition) is 1. The Hall–Kier alpha value is -6.13. The second-order valence-corrected chi connectivity index (χ2v) is 13.8. The molecule has 0 saturated carbocycles. The monoisotopic (exact) mass is 646 g/mol. The predicted molar refractivity (Wildman–Crippen MR) is 209 cm³/mol. The minimum atomic E-state index is -0.218. The van der Waals surface area contributed by atoms with Gasteiger partial charge in [0.05, 0.1) is 16.2 Å². The van der Waals surface area contributed by atoms with Gasteiger partial charge in [-0.3, -0.25) is 4.57 Å². The molecule has 9 rings (SSSR count). The van der Waals surface area contributed by atoms with Crippen molar-refractivity contribution in [3.05, 3.63) is 172 Å². The van der Waals surface area contributed by atoms with Crippen molar-refractivity contribution in [2.45, 2.75) is 32.1 Å². The number of hydrogen-bond acceptors (Lipinski definition) is 2. The summed E-state index contributed by atoms with van der Waals surface area (Å²) in [6.07, 6.45) is 10.5. The molecule has 50 heavy (non-hydrogen) atoms. The normalized spacial score (nSPS) is 14.9. The molecule has 0 fully saturated rings. The number of imidazole rings is 1. The van der Waals surface area contributed by atoms with Gasteiger partial charge in [0.1, 0.15) is 5.82 Å². The minimum Gasteiger partial charge on any atom is -0.404 e. The minimum absolute atomic E-state index is 0.218. The van der Waals surface area contributed by atoms with Crippen LogP contribution in [0.4, 0.5) is 0 Å². The van der Waals surface area contributed by atoms with E-state index in [1.54, 1.807) is 6.20 Å². The summed E-state index contributed by atoms with van der Waals surface area (Å²) in [7, 11) is 0. The van der Waals surface area contributed by atoms with Gasteiger partial charge in [0, 0.05) is 39.6 Å². The molecule has 2 N–H and O–H groups in total. The fourth-order valence-electron chi connectivity index (χ4n) is 8.11. The SMILES string of the molecule is C=c1/c(=C\C(=C/N)c2ccccc2)nc(-c2ccc3c(c2)C(C)(C)c2cc(-n4c5c(c6ccccc64)CCC=C5)ccc2-3)n1-c1ccccc1. The van der Waals surface area contributed by atoms with Gasteiger partial charge in [0.25, 0.3) is 0 Å². The second-order valence-electron chi connectivity index (χ2n) is 13.8. The highest BCUT2D eigenvalue weighted by atomic mass is 15.1. The van der Waals surface area contributed by atoms with E-state index in [9.17, 15) is 0 Å². The topological polar surface area (TPSA) is 48.8 Å². The van der Waals surface area contributed by atoms with Crippen LogP contribution in [-0.4, -0.2) is 14.1 Å². The molecule has 0 bridgehead atoms. The number of nitrogens with two attached hydrogens (primary N) is 1. The van der Waals surface area contributed by atoms with Gasteiger partial charge in [-0.2, -0.15) is 0 Å². The maximum atomic E-state index is 6.15. The van der Waals surface area contributed by atoms with Crippen LogP contribution in [0.5, 0.6) is 0 Å². The summed E-state index contributed by atoms with van der Waals surface area (Å²) in [5.74, 6) is 0.851. The number of aromatic nitrogens is 3. The van der Waals surface area contributed by atoms with Gasteiger partial charge in [-0.15, -0.1) is 0 Å². The van der Waals surface area contributed by atoms with Crippen LogP contribution in [-0.2, 0) is 11.8 Å². The van der Waals surface area contributed by atoms with Crippen molar-refractivity contribution >= 4 is 35.2 Å². The van der Waals surface area contributed by atoms with Gasteiger partial charge < -0.3 is 10.3 Å². The Kier molecular flexibility index (Phi) is 6.89. The highest BCUT2D eigenvalue weighted by Crippen LogP contribution is 2.50. The first-order valence-electron chi connectivity index (χ1n) is 17.4. The molecular formula is C46H38N4. The maximum absolute atomic E-state index is 6.15. The first-order valence-corrected chi connectivity index (χ1v) is 17.4. The van der Waals surface area contributed by atoms with E-state index in [1.807, 2.05) is 30.3 Å². The van der Waals surface area contributed by atoms with Crippen LogP contribution in [0, 0.1) is 0 Å². The number of fused-ring (bicyclic) bond motifs is 6. The largest absolute Gasteiger partial charge is 0.404 e. The summed E-state index contributed by atoms with van der Waals surface area (Å²) in [5.41, 5.74) is 20.4. The van der Waals surface area contributed by atoms with Crippen LogP contribution >= 0.6 is 0 Å². The summed E-state index contributed by atoms with van der Waals surface area (Å²) in [5, 5.41) is 2.95. The van der Waals surface area contributed by atoms with E-state index in [0.717, 1.165) is 51.8 Å². The molecule has 7 aromatic rings. The number of aryl methyl sites for hydroxylation is 1. The summed E-state index contributed by atoms with van der Waals surface area (Å²) in [6.45, 7) is 9.24. The van der Waals surface area contributed by atoms with Gasteiger partial charge in [-0.25, -0.2) is 4.98 Å². The van der Waals surface area contributed by atoms with E-state index < -0.39 is 0 Å². The lowest BCUT2D eigenvalue weighted by atomic mass is 9.81. The van der Waals surface area contributed by atoms with E-state index in [-0.39, 0.29) is 5.41 Å². The Bertz CT molecular complexity index is 2630. The molecule has 2 aliphatic rings. The molecule has 0 atom stereocenters.